The number of alkyl halides is 3. The van der Waals surface area contributed by atoms with E-state index >= 15 is 0 Å². The van der Waals surface area contributed by atoms with E-state index in [1.54, 1.807) is 71.5 Å². The molecule has 0 atom stereocenters. The zero-order valence-electron chi connectivity index (χ0n) is 25.8. The molecule has 0 unspecified atom stereocenters. The second-order valence-corrected chi connectivity index (χ2v) is 10.3. The Kier molecular flexibility index (Phi) is 12.8. The molecule has 3 rings (SSSR count). The minimum absolute atomic E-state index is 0.0268. The van der Waals surface area contributed by atoms with Gasteiger partial charge in [0.1, 0.15) is 29.4 Å². The van der Waals surface area contributed by atoms with Crippen molar-refractivity contribution in [1.82, 2.24) is 19.6 Å². The van der Waals surface area contributed by atoms with Crippen molar-refractivity contribution in [3.8, 4) is 11.5 Å². The Morgan fingerprint density at radius 2 is 1.39 bits per heavy atom. The van der Waals surface area contributed by atoms with Crippen molar-refractivity contribution in [3.63, 3.8) is 0 Å². The van der Waals surface area contributed by atoms with Crippen LogP contribution in [0.2, 0.25) is 6.82 Å². The SMILES string of the molecule is CB(O)NC(=N)c1ccc(OCCCn2c(C)c(C)n(CCCOc3ccc(C(=N)NBC=O)cc3)/c2=N\C(=O)C(F)(F)F)cc1. The number of amides is 1. The molecule has 3 aromatic rings. The first-order valence-electron chi connectivity index (χ1n) is 14.5. The number of hydrogen-bond donors (Lipinski definition) is 5. The smallest absolute Gasteiger partial charge is 0.473 e. The number of ether oxygens (including phenoxy) is 2. The molecule has 46 heavy (non-hydrogen) atoms. The lowest BCUT2D eigenvalue weighted by molar-refractivity contribution is -0.169. The Balaban J connectivity index is 1.66. The minimum Gasteiger partial charge on any atom is -0.494 e. The van der Waals surface area contributed by atoms with Crippen LogP contribution in [0, 0.1) is 24.7 Å². The average molecular weight is 641 g/mol. The first kappa shape index (κ1) is 35.7. The van der Waals surface area contributed by atoms with Gasteiger partial charge < -0.3 is 38.9 Å². The van der Waals surface area contributed by atoms with Gasteiger partial charge in [-0.2, -0.15) is 18.2 Å². The number of halogens is 3. The molecule has 0 bridgehead atoms. The zero-order valence-corrected chi connectivity index (χ0v) is 25.8. The molecule has 2 aromatic carbocycles. The van der Waals surface area contributed by atoms with Crippen LogP contribution in [0.15, 0.2) is 53.5 Å². The third-order valence-electron chi connectivity index (χ3n) is 6.85. The van der Waals surface area contributed by atoms with Crippen LogP contribution in [0.1, 0.15) is 35.4 Å². The van der Waals surface area contributed by atoms with E-state index in [1.165, 1.54) is 6.82 Å². The monoisotopic (exact) mass is 641 g/mol. The van der Waals surface area contributed by atoms with Crippen molar-refractivity contribution in [1.29, 1.82) is 10.8 Å². The Bertz CT molecular complexity index is 1590. The first-order chi connectivity index (χ1) is 21.8. The number of nitrogens with one attached hydrogen (secondary N) is 4. The normalized spacial score (nSPS) is 11.5. The molecule has 0 spiro atoms. The second-order valence-electron chi connectivity index (χ2n) is 10.3. The Labute approximate surface area is 265 Å². The molecule has 0 aliphatic heterocycles. The summed E-state index contributed by atoms with van der Waals surface area (Å²) in [6, 6.07) is 13.3. The summed E-state index contributed by atoms with van der Waals surface area (Å²) in [7, 11) is -0.844. The summed E-state index contributed by atoms with van der Waals surface area (Å²) in [4.78, 5) is 25.9. The van der Waals surface area contributed by atoms with Crippen LogP contribution in [-0.2, 0) is 22.7 Å². The fraction of sp³-hybridized carbons (Fsp3) is 0.345. The van der Waals surface area contributed by atoms with E-state index in [4.69, 9.17) is 20.3 Å². The molecular weight excluding hydrogens is 605 g/mol. The van der Waals surface area contributed by atoms with Crippen molar-refractivity contribution < 1.29 is 37.3 Å². The minimum atomic E-state index is -5.13. The molecule has 1 aromatic heterocycles. The van der Waals surface area contributed by atoms with Gasteiger partial charge in [-0.05, 0) is 82.0 Å². The quantitative estimate of drug-likeness (QED) is 0.0559. The summed E-state index contributed by atoms with van der Waals surface area (Å²) in [5, 5.41) is 30.5. The predicted octanol–water partition coefficient (Wildman–Crippen LogP) is 2.32. The summed E-state index contributed by atoms with van der Waals surface area (Å²) in [5.74, 6) is -0.980. The van der Waals surface area contributed by atoms with Gasteiger partial charge in [0.2, 0.25) is 5.62 Å². The lowest BCUT2D eigenvalue weighted by Crippen LogP contribution is -2.36. The fourth-order valence-electron chi connectivity index (χ4n) is 4.45. The molecule has 5 N–H and O–H groups in total. The number of carbonyl (C=O) groups excluding carboxylic acids is 2. The van der Waals surface area contributed by atoms with E-state index < -0.39 is 19.1 Å². The van der Waals surface area contributed by atoms with Gasteiger partial charge in [0, 0.05) is 35.6 Å². The lowest BCUT2D eigenvalue weighted by atomic mass is 9.88. The number of imidazole rings is 1. The number of carbonyl (C=O) groups is 2. The van der Waals surface area contributed by atoms with Gasteiger partial charge >= 0.3 is 26.5 Å². The molecule has 0 aliphatic rings. The van der Waals surface area contributed by atoms with Crippen molar-refractivity contribution in [2.75, 3.05) is 13.2 Å². The first-order valence-corrected chi connectivity index (χ1v) is 14.5. The van der Waals surface area contributed by atoms with E-state index in [-0.39, 0.29) is 51.0 Å². The topological polar surface area (TPSA) is 167 Å². The standard InChI is InChI=1S/C29H36B2F3N7O5/c1-19-20(2)41(15-5-17-46-24-12-8-22(9-13-24)26(36)39-31(3)44)28(37-27(43)29(32,33)34)40(19)14-4-16-45-23-10-6-21(7-11-23)25(35)38-30-18-42/h6-13,18,30,44H,4-5,14-17H2,1-3H3,(H2,35,38)(H2,36,39)/b37-28+. The van der Waals surface area contributed by atoms with Crippen molar-refractivity contribution in [2.24, 2.45) is 4.99 Å². The van der Waals surface area contributed by atoms with Crippen LogP contribution in [0.3, 0.4) is 0 Å². The molecule has 0 radical (unpaired) electrons. The summed E-state index contributed by atoms with van der Waals surface area (Å²) >= 11 is 0. The van der Waals surface area contributed by atoms with E-state index in [0.717, 1.165) is 0 Å². The van der Waals surface area contributed by atoms with Gasteiger partial charge in [0.25, 0.3) is 0 Å². The average Bonchev–Trinajstić information content (AvgIpc) is 3.23. The molecule has 0 aliphatic carbocycles. The fourth-order valence-corrected chi connectivity index (χ4v) is 4.45. The maximum Gasteiger partial charge on any atom is 0.473 e. The lowest BCUT2D eigenvalue weighted by Gasteiger charge is -2.11. The highest BCUT2D eigenvalue weighted by molar-refractivity contribution is 6.67. The van der Waals surface area contributed by atoms with E-state index in [1.807, 2.05) is 0 Å². The third-order valence-corrected chi connectivity index (χ3v) is 6.85. The Morgan fingerprint density at radius 3 is 1.80 bits per heavy atom. The Hall–Kier alpha value is -4.79. The molecule has 244 valence electrons. The summed E-state index contributed by atoms with van der Waals surface area (Å²) in [6.45, 7) is 5.93. The van der Waals surface area contributed by atoms with Gasteiger partial charge in [0.05, 0.1) is 13.2 Å². The zero-order chi connectivity index (χ0) is 33.9. The molecule has 1 amide bonds. The molecule has 0 fully saturated rings. The second kappa shape index (κ2) is 16.5. The van der Waals surface area contributed by atoms with Gasteiger partial charge in [-0.15, -0.1) is 0 Å². The highest BCUT2D eigenvalue weighted by Crippen LogP contribution is 2.17. The number of hydrogen-bond acceptors (Lipinski definition) is 7. The molecule has 12 nitrogen and oxygen atoms in total. The van der Waals surface area contributed by atoms with Crippen molar-refractivity contribution >= 4 is 38.2 Å². The summed E-state index contributed by atoms with van der Waals surface area (Å²) in [6.07, 6.45) is -3.66. The van der Waals surface area contributed by atoms with E-state index in [0.29, 0.717) is 53.0 Å². The van der Waals surface area contributed by atoms with Crippen LogP contribution >= 0.6 is 0 Å². The predicted molar refractivity (Wildman–Crippen MR) is 169 cm³/mol. The maximum absolute atomic E-state index is 13.2. The van der Waals surface area contributed by atoms with E-state index in [2.05, 4.69) is 15.4 Å². The summed E-state index contributed by atoms with van der Waals surface area (Å²) < 4.78 is 54.3. The molecule has 0 saturated carbocycles. The largest absolute Gasteiger partial charge is 0.494 e. The van der Waals surface area contributed by atoms with Gasteiger partial charge in [-0.25, -0.2) is 0 Å². The number of benzene rings is 2. The highest BCUT2D eigenvalue weighted by atomic mass is 19.4. The third kappa shape index (κ3) is 10.1. The molecular formula is C29H36B2F3N7O5. The highest BCUT2D eigenvalue weighted by Gasteiger charge is 2.39. The Morgan fingerprint density at radius 1 is 0.935 bits per heavy atom. The van der Waals surface area contributed by atoms with Crippen LogP contribution in [0.5, 0.6) is 11.5 Å². The van der Waals surface area contributed by atoms with Crippen LogP contribution < -0.4 is 25.5 Å². The number of rotatable bonds is 15. The van der Waals surface area contributed by atoms with Gasteiger partial charge in [-0.1, -0.05) is 0 Å². The molecule has 1 heterocycles. The number of nitrogens with zero attached hydrogens (tertiary/aromatic N) is 3. The van der Waals surface area contributed by atoms with Gasteiger partial charge in [0.15, 0.2) is 0 Å². The molecule has 0 saturated heterocycles. The van der Waals surface area contributed by atoms with Crippen LogP contribution in [0.4, 0.5) is 13.2 Å². The van der Waals surface area contributed by atoms with Crippen molar-refractivity contribution in [3.05, 3.63) is 76.7 Å². The van der Waals surface area contributed by atoms with Crippen molar-refractivity contribution in [2.45, 2.75) is 52.8 Å². The number of aromatic nitrogens is 2. The summed E-state index contributed by atoms with van der Waals surface area (Å²) in [5.41, 5.74) is 2.33. The maximum atomic E-state index is 13.2. The van der Waals surface area contributed by atoms with Gasteiger partial charge in [-0.3, -0.25) is 15.6 Å². The molecule has 17 heteroatoms. The van der Waals surface area contributed by atoms with Crippen LogP contribution in [-0.4, -0.2) is 71.8 Å². The number of amidine groups is 2. The van der Waals surface area contributed by atoms with E-state index in [9.17, 15) is 27.8 Å². The van der Waals surface area contributed by atoms with Crippen LogP contribution in [0.25, 0.3) is 0 Å².